The van der Waals surface area contributed by atoms with Gasteiger partial charge in [0, 0.05) is 28.5 Å². The van der Waals surface area contributed by atoms with Gasteiger partial charge in [0.25, 0.3) is 5.56 Å². The predicted octanol–water partition coefficient (Wildman–Crippen LogP) is 2.93. The lowest BCUT2D eigenvalue weighted by Crippen LogP contribution is -2.27. The first-order chi connectivity index (χ1) is 13.2. The van der Waals surface area contributed by atoms with Crippen LogP contribution in [0.15, 0.2) is 77.9 Å². The van der Waals surface area contributed by atoms with Gasteiger partial charge in [-0.25, -0.2) is 4.68 Å². The van der Waals surface area contributed by atoms with Crippen LogP contribution in [0.5, 0.6) is 5.75 Å². The summed E-state index contributed by atoms with van der Waals surface area (Å²) in [5.74, 6) is -0.0443. The molecule has 2 N–H and O–H groups in total. The van der Waals surface area contributed by atoms with Crippen molar-refractivity contribution in [3.8, 4) is 28.4 Å². The van der Waals surface area contributed by atoms with Gasteiger partial charge in [-0.3, -0.25) is 9.74 Å². The summed E-state index contributed by atoms with van der Waals surface area (Å²) in [6.45, 7) is 0. The van der Waals surface area contributed by atoms with Crippen LogP contribution in [0, 0.1) is 0 Å². The summed E-state index contributed by atoms with van der Waals surface area (Å²) in [6.07, 6.45) is 3.27. The van der Waals surface area contributed by atoms with Gasteiger partial charge in [0.2, 0.25) is 0 Å². The molecule has 2 heterocycles. The van der Waals surface area contributed by atoms with Crippen molar-refractivity contribution in [3.05, 3.63) is 83.4 Å². The molecule has 0 fully saturated rings. The minimum atomic E-state index is -0.545. The molecule has 4 rings (SSSR count). The zero-order valence-corrected chi connectivity index (χ0v) is 14.0. The number of benzene rings is 2. The van der Waals surface area contributed by atoms with Gasteiger partial charge in [-0.15, -0.1) is 0 Å². The number of hydrogen-bond donors (Lipinski definition) is 1. The van der Waals surface area contributed by atoms with Gasteiger partial charge in [-0.05, 0) is 18.2 Å². The fourth-order valence-corrected chi connectivity index (χ4v) is 2.80. The van der Waals surface area contributed by atoms with Gasteiger partial charge in [-0.2, -0.15) is 14.9 Å². The van der Waals surface area contributed by atoms with E-state index in [1.807, 2.05) is 30.3 Å². The van der Waals surface area contributed by atoms with Crippen molar-refractivity contribution in [1.29, 1.82) is 0 Å². The molecular formula is C19H14FN5O2. The first kappa shape index (κ1) is 16.5. The van der Waals surface area contributed by atoms with E-state index in [0.717, 1.165) is 10.2 Å². The summed E-state index contributed by atoms with van der Waals surface area (Å²) >= 11 is 0. The average molecular weight is 363 g/mol. The van der Waals surface area contributed by atoms with Crippen molar-refractivity contribution in [1.82, 2.24) is 19.6 Å². The monoisotopic (exact) mass is 363 g/mol. The Bertz CT molecular complexity index is 1140. The third-order valence-electron chi connectivity index (χ3n) is 4.03. The number of anilines is 1. The van der Waals surface area contributed by atoms with Crippen LogP contribution >= 0.6 is 0 Å². The Labute approximate surface area is 153 Å². The molecule has 7 nitrogen and oxygen atoms in total. The van der Waals surface area contributed by atoms with Crippen molar-refractivity contribution in [3.63, 3.8) is 0 Å². The lowest BCUT2D eigenvalue weighted by atomic mass is 10.1. The van der Waals surface area contributed by atoms with Crippen molar-refractivity contribution in [2.45, 2.75) is 0 Å². The first-order valence-corrected chi connectivity index (χ1v) is 8.06. The van der Waals surface area contributed by atoms with Gasteiger partial charge in [-0.1, -0.05) is 36.4 Å². The van der Waals surface area contributed by atoms with Crippen molar-refractivity contribution in [2.75, 3.05) is 5.73 Å². The van der Waals surface area contributed by atoms with E-state index in [1.54, 1.807) is 30.6 Å². The van der Waals surface area contributed by atoms with Crippen molar-refractivity contribution < 1.29 is 9.47 Å². The van der Waals surface area contributed by atoms with E-state index in [1.165, 1.54) is 16.8 Å². The molecule has 0 aliphatic heterocycles. The highest BCUT2D eigenvalue weighted by molar-refractivity contribution is 5.76. The number of nitrogens with zero attached hydrogens (tertiary/aromatic N) is 4. The maximum atomic E-state index is 12.9. The molecular weight excluding hydrogens is 349 g/mol. The molecule has 2 aromatic heterocycles. The molecule has 0 amide bonds. The first-order valence-electron chi connectivity index (χ1n) is 8.06. The topological polar surface area (TPSA) is 88.0 Å². The van der Waals surface area contributed by atoms with E-state index in [0.29, 0.717) is 17.1 Å². The molecule has 0 bridgehead atoms. The smallest absolute Gasteiger partial charge is 0.296 e. The van der Waals surface area contributed by atoms with Crippen molar-refractivity contribution >= 4 is 5.69 Å². The Morgan fingerprint density at radius 1 is 1.04 bits per heavy atom. The zero-order valence-electron chi connectivity index (χ0n) is 14.0. The molecule has 0 saturated carbocycles. The van der Waals surface area contributed by atoms with E-state index < -0.39 is 5.56 Å². The Morgan fingerprint density at radius 3 is 2.56 bits per heavy atom. The molecule has 4 aromatic rings. The number of hydrogen-bond acceptors (Lipinski definition) is 5. The molecule has 134 valence electrons. The normalized spacial score (nSPS) is 10.7. The highest BCUT2D eigenvalue weighted by Crippen LogP contribution is 2.27. The van der Waals surface area contributed by atoms with Crippen LogP contribution in [0.2, 0.25) is 0 Å². The quantitative estimate of drug-likeness (QED) is 0.602. The van der Waals surface area contributed by atoms with E-state index in [-0.39, 0.29) is 11.4 Å². The maximum Gasteiger partial charge on any atom is 0.296 e. The van der Waals surface area contributed by atoms with Gasteiger partial charge in [0.1, 0.15) is 17.1 Å². The number of aromatic nitrogens is 4. The third kappa shape index (κ3) is 2.93. The second-order valence-corrected chi connectivity index (χ2v) is 5.72. The summed E-state index contributed by atoms with van der Waals surface area (Å²) in [4.78, 5) is 16.6. The fraction of sp³-hybridized carbons (Fsp3) is 0. The second-order valence-electron chi connectivity index (χ2n) is 5.72. The Balaban J connectivity index is 2.03. The molecule has 0 saturated heterocycles. The standard InChI is InChI=1S/C19H14FN5O2/c20-27-15-9-4-8-14(12-15)25-19(26)16(21)18(24-11-5-10-22-24)17(23-25)13-6-2-1-3-7-13/h1-12H,21H2. The van der Waals surface area contributed by atoms with Crippen molar-refractivity contribution in [2.24, 2.45) is 0 Å². The van der Waals surface area contributed by atoms with Crippen LogP contribution in [-0.4, -0.2) is 19.6 Å². The van der Waals surface area contributed by atoms with Crippen LogP contribution in [0.1, 0.15) is 0 Å². The lowest BCUT2D eigenvalue weighted by molar-refractivity contribution is -0.00621. The summed E-state index contributed by atoms with van der Waals surface area (Å²) in [5.41, 5.74) is 7.52. The molecule has 0 aliphatic carbocycles. The second kappa shape index (κ2) is 6.75. The van der Waals surface area contributed by atoms with E-state index >= 15 is 0 Å². The Kier molecular flexibility index (Phi) is 4.13. The highest BCUT2D eigenvalue weighted by Gasteiger charge is 2.19. The average Bonchev–Trinajstić information content (AvgIpc) is 3.25. The number of rotatable bonds is 4. The Hall–Kier alpha value is -3.94. The molecule has 0 spiro atoms. The van der Waals surface area contributed by atoms with Gasteiger partial charge in [0.15, 0.2) is 5.75 Å². The third-order valence-corrected chi connectivity index (χ3v) is 4.03. The summed E-state index contributed by atoms with van der Waals surface area (Å²) < 4.78 is 15.2. The van der Waals surface area contributed by atoms with E-state index in [4.69, 9.17) is 5.73 Å². The molecule has 27 heavy (non-hydrogen) atoms. The molecule has 8 heteroatoms. The van der Waals surface area contributed by atoms with E-state index in [2.05, 4.69) is 15.1 Å². The van der Waals surface area contributed by atoms with Gasteiger partial charge >= 0.3 is 0 Å². The Morgan fingerprint density at radius 2 is 1.85 bits per heavy atom. The minimum Gasteiger partial charge on any atom is -0.392 e. The van der Waals surface area contributed by atoms with Crippen LogP contribution in [0.3, 0.4) is 0 Å². The SMILES string of the molecule is Nc1c(-n2cccn2)c(-c2ccccc2)nn(-c2cccc(OF)c2)c1=O. The van der Waals surface area contributed by atoms with Crippen LogP contribution in [-0.2, 0) is 0 Å². The molecule has 0 aliphatic rings. The van der Waals surface area contributed by atoms with Gasteiger partial charge < -0.3 is 5.73 Å². The molecule has 2 aromatic carbocycles. The molecule has 0 radical (unpaired) electrons. The summed E-state index contributed by atoms with van der Waals surface area (Å²) in [7, 11) is 0. The fourth-order valence-electron chi connectivity index (χ4n) is 2.80. The minimum absolute atomic E-state index is 0.0286. The van der Waals surface area contributed by atoms with Crippen LogP contribution in [0.25, 0.3) is 22.6 Å². The number of nitrogens with two attached hydrogens (primary N) is 1. The van der Waals surface area contributed by atoms with Gasteiger partial charge in [0.05, 0.1) is 5.69 Å². The van der Waals surface area contributed by atoms with Crippen LogP contribution in [0.4, 0.5) is 10.2 Å². The number of halogens is 1. The summed E-state index contributed by atoms with van der Waals surface area (Å²) in [6, 6.07) is 17.0. The largest absolute Gasteiger partial charge is 0.392 e. The zero-order chi connectivity index (χ0) is 18.8. The molecule has 0 unspecified atom stereocenters. The maximum absolute atomic E-state index is 12.9. The number of nitrogen functional groups attached to an aromatic ring is 1. The predicted molar refractivity (Wildman–Crippen MR) is 98.5 cm³/mol. The highest BCUT2D eigenvalue weighted by atomic mass is 19.3. The molecule has 0 atom stereocenters. The van der Waals surface area contributed by atoms with E-state index in [9.17, 15) is 9.32 Å². The lowest BCUT2D eigenvalue weighted by Gasteiger charge is -2.15. The van der Waals surface area contributed by atoms with Crippen LogP contribution < -0.4 is 16.2 Å². The summed E-state index contributed by atoms with van der Waals surface area (Å²) in [5, 5.41) is 8.67.